The molecule has 1 atom stereocenters. The van der Waals surface area contributed by atoms with Crippen LogP contribution >= 0.6 is 11.8 Å². The smallest absolute Gasteiger partial charge is 0.116 e. The Bertz CT molecular complexity index is 631. The predicted octanol–water partition coefficient (Wildman–Crippen LogP) is 4.04. The lowest BCUT2D eigenvalue weighted by Gasteiger charge is -2.17. The van der Waals surface area contributed by atoms with E-state index < -0.39 is 0 Å². The Labute approximate surface area is 118 Å². The predicted molar refractivity (Wildman–Crippen MR) is 81.6 cm³/mol. The van der Waals surface area contributed by atoms with Crippen LogP contribution in [0.25, 0.3) is 10.9 Å². The van der Waals surface area contributed by atoms with Gasteiger partial charge in [-0.1, -0.05) is 25.1 Å². The minimum Gasteiger partial charge on any atom is -0.381 e. The summed E-state index contributed by atoms with van der Waals surface area (Å²) in [6, 6.07) is 10.6. The van der Waals surface area contributed by atoms with E-state index in [0.717, 1.165) is 28.0 Å². The van der Waals surface area contributed by atoms with Gasteiger partial charge in [0, 0.05) is 11.4 Å². The lowest BCUT2D eigenvalue weighted by atomic mass is 10.1. The SMILES string of the molecule is CCC(C)Nc1c(C#N)c(SC)nc2ccccc12. The number of anilines is 1. The van der Waals surface area contributed by atoms with Crippen LogP contribution in [0.3, 0.4) is 0 Å². The second-order valence-corrected chi connectivity index (χ2v) is 5.25. The van der Waals surface area contributed by atoms with Crippen LogP contribution in [0.4, 0.5) is 5.69 Å². The third-order valence-electron chi connectivity index (χ3n) is 3.17. The van der Waals surface area contributed by atoms with E-state index in [1.807, 2.05) is 30.5 Å². The summed E-state index contributed by atoms with van der Waals surface area (Å²) in [4.78, 5) is 4.56. The third kappa shape index (κ3) is 2.66. The Morgan fingerprint density at radius 3 is 2.79 bits per heavy atom. The van der Waals surface area contributed by atoms with Crippen molar-refractivity contribution in [3.63, 3.8) is 0 Å². The highest BCUT2D eigenvalue weighted by Crippen LogP contribution is 2.32. The summed E-state index contributed by atoms with van der Waals surface area (Å²) < 4.78 is 0. The topological polar surface area (TPSA) is 48.7 Å². The van der Waals surface area contributed by atoms with Gasteiger partial charge in [-0.3, -0.25) is 0 Å². The highest BCUT2D eigenvalue weighted by molar-refractivity contribution is 7.98. The van der Waals surface area contributed by atoms with Crippen molar-refractivity contribution in [3.05, 3.63) is 29.8 Å². The first-order valence-electron chi connectivity index (χ1n) is 6.34. The molecule has 19 heavy (non-hydrogen) atoms. The molecular formula is C15H17N3S. The summed E-state index contributed by atoms with van der Waals surface area (Å²) in [6.07, 6.45) is 2.96. The molecule has 0 aliphatic rings. The third-order valence-corrected chi connectivity index (χ3v) is 3.85. The zero-order valence-electron chi connectivity index (χ0n) is 11.4. The maximum atomic E-state index is 9.43. The molecule has 2 aromatic rings. The van der Waals surface area contributed by atoms with Gasteiger partial charge in [-0.15, -0.1) is 11.8 Å². The Balaban J connectivity index is 2.71. The molecule has 1 N–H and O–H groups in total. The van der Waals surface area contributed by atoms with Gasteiger partial charge in [-0.2, -0.15) is 5.26 Å². The van der Waals surface area contributed by atoms with Gasteiger partial charge in [0.2, 0.25) is 0 Å². The van der Waals surface area contributed by atoms with E-state index in [9.17, 15) is 5.26 Å². The highest BCUT2D eigenvalue weighted by atomic mass is 32.2. The molecule has 0 spiro atoms. The number of rotatable bonds is 4. The molecule has 3 nitrogen and oxygen atoms in total. The van der Waals surface area contributed by atoms with Crippen LogP contribution in [0.5, 0.6) is 0 Å². The summed E-state index contributed by atoms with van der Waals surface area (Å²) in [7, 11) is 0. The Hall–Kier alpha value is -1.73. The number of para-hydroxylation sites is 1. The molecule has 2 rings (SSSR count). The van der Waals surface area contributed by atoms with Crippen LogP contribution in [0, 0.1) is 11.3 Å². The molecule has 0 amide bonds. The number of hydrogen-bond acceptors (Lipinski definition) is 4. The largest absolute Gasteiger partial charge is 0.381 e. The van der Waals surface area contributed by atoms with Crippen molar-refractivity contribution < 1.29 is 0 Å². The van der Waals surface area contributed by atoms with Crippen molar-refractivity contribution in [1.29, 1.82) is 5.26 Å². The average Bonchev–Trinajstić information content (AvgIpc) is 2.46. The summed E-state index contributed by atoms with van der Waals surface area (Å²) in [5.74, 6) is 0. The van der Waals surface area contributed by atoms with E-state index in [-0.39, 0.29) is 0 Å². The number of pyridine rings is 1. The standard InChI is InChI=1S/C15H17N3S/c1-4-10(2)17-14-11-7-5-6-8-13(11)18-15(19-3)12(14)9-16/h5-8,10H,4H2,1-3H3,(H,17,18). The van der Waals surface area contributed by atoms with E-state index >= 15 is 0 Å². The number of aromatic nitrogens is 1. The first-order valence-corrected chi connectivity index (χ1v) is 7.57. The molecule has 4 heteroatoms. The Morgan fingerprint density at radius 1 is 1.42 bits per heavy atom. The summed E-state index contributed by atoms with van der Waals surface area (Å²) in [5, 5.41) is 14.7. The summed E-state index contributed by atoms with van der Waals surface area (Å²) in [6.45, 7) is 4.25. The minimum absolute atomic E-state index is 0.326. The Morgan fingerprint density at radius 2 is 2.16 bits per heavy atom. The molecule has 1 unspecified atom stereocenters. The lowest BCUT2D eigenvalue weighted by Crippen LogP contribution is -2.15. The number of nitrogens with zero attached hydrogens (tertiary/aromatic N) is 2. The fourth-order valence-electron chi connectivity index (χ4n) is 1.94. The van der Waals surface area contributed by atoms with Crippen LogP contribution in [0.1, 0.15) is 25.8 Å². The quantitative estimate of drug-likeness (QED) is 0.853. The molecule has 1 heterocycles. The van der Waals surface area contributed by atoms with Crippen LogP contribution in [-0.2, 0) is 0 Å². The average molecular weight is 271 g/mol. The van der Waals surface area contributed by atoms with Gasteiger partial charge in [0.05, 0.1) is 11.2 Å². The molecule has 0 bridgehead atoms. The molecular weight excluding hydrogens is 254 g/mol. The normalized spacial score (nSPS) is 12.1. The van der Waals surface area contributed by atoms with Gasteiger partial charge < -0.3 is 5.32 Å². The van der Waals surface area contributed by atoms with Gasteiger partial charge in [0.1, 0.15) is 16.7 Å². The monoisotopic (exact) mass is 271 g/mol. The number of nitriles is 1. The minimum atomic E-state index is 0.326. The maximum Gasteiger partial charge on any atom is 0.116 e. The molecule has 0 saturated carbocycles. The first kappa shape index (κ1) is 13.7. The number of hydrogen-bond donors (Lipinski definition) is 1. The van der Waals surface area contributed by atoms with Crippen molar-refractivity contribution in [3.8, 4) is 6.07 Å². The molecule has 1 aromatic carbocycles. The van der Waals surface area contributed by atoms with E-state index in [1.165, 1.54) is 11.8 Å². The summed E-state index contributed by atoms with van der Waals surface area (Å²) >= 11 is 1.51. The van der Waals surface area contributed by atoms with Crippen LogP contribution in [0.2, 0.25) is 0 Å². The van der Waals surface area contributed by atoms with Gasteiger partial charge in [-0.25, -0.2) is 4.98 Å². The highest BCUT2D eigenvalue weighted by Gasteiger charge is 2.15. The number of nitrogens with one attached hydrogen (secondary N) is 1. The molecule has 0 aliphatic heterocycles. The van der Waals surface area contributed by atoms with Gasteiger partial charge >= 0.3 is 0 Å². The molecule has 0 saturated heterocycles. The Kier molecular flexibility index (Phi) is 4.28. The van der Waals surface area contributed by atoms with Crippen molar-refractivity contribution >= 4 is 28.4 Å². The fourth-order valence-corrected chi connectivity index (χ4v) is 2.48. The second kappa shape index (κ2) is 5.94. The fraction of sp³-hybridized carbons (Fsp3) is 0.333. The summed E-state index contributed by atoms with van der Waals surface area (Å²) in [5.41, 5.74) is 2.48. The van der Waals surface area contributed by atoms with Gasteiger partial charge in [0.25, 0.3) is 0 Å². The van der Waals surface area contributed by atoms with Crippen LogP contribution < -0.4 is 5.32 Å². The van der Waals surface area contributed by atoms with Crippen molar-refractivity contribution in [2.45, 2.75) is 31.3 Å². The van der Waals surface area contributed by atoms with Gasteiger partial charge in [0.15, 0.2) is 0 Å². The molecule has 0 fully saturated rings. The van der Waals surface area contributed by atoms with Crippen LogP contribution in [0.15, 0.2) is 29.3 Å². The van der Waals surface area contributed by atoms with Crippen molar-refractivity contribution in [2.24, 2.45) is 0 Å². The van der Waals surface area contributed by atoms with Crippen LogP contribution in [-0.4, -0.2) is 17.3 Å². The molecule has 0 radical (unpaired) electrons. The van der Waals surface area contributed by atoms with E-state index in [4.69, 9.17) is 0 Å². The zero-order chi connectivity index (χ0) is 13.8. The van der Waals surface area contributed by atoms with E-state index in [1.54, 1.807) is 0 Å². The lowest BCUT2D eigenvalue weighted by molar-refractivity contribution is 0.764. The molecule has 0 aliphatic carbocycles. The maximum absolute atomic E-state index is 9.43. The number of benzene rings is 1. The number of thioether (sulfide) groups is 1. The number of fused-ring (bicyclic) bond motifs is 1. The zero-order valence-corrected chi connectivity index (χ0v) is 12.2. The molecule has 1 aromatic heterocycles. The van der Waals surface area contributed by atoms with Crippen molar-refractivity contribution in [2.75, 3.05) is 11.6 Å². The van der Waals surface area contributed by atoms with Crippen molar-refractivity contribution in [1.82, 2.24) is 4.98 Å². The van der Waals surface area contributed by atoms with E-state index in [2.05, 4.69) is 30.2 Å². The first-order chi connectivity index (χ1) is 9.21. The van der Waals surface area contributed by atoms with Gasteiger partial charge in [-0.05, 0) is 25.7 Å². The second-order valence-electron chi connectivity index (χ2n) is 4.45. The molecule has 98 valence electrons. The van der Waals surface area contributed by atoms with E-state index in [0.29, 0.717) is 11.6 Å².